The third-order valence-electron chi connectivity index (χ3n) is 6.33. The second-order valence-electron chi connectivity index (χ2n) is 9.02. The molecular weight excluding hydrogens is 485 g/mol. The maximum atomic E-state index is 13.4. The lowest BCUT2D eigenvalue weighted by atomic mass is 10.0. The molecule has 0 atom stereocenters. The van der Waals surface area contributed by atoms with E-state index >= 15 is 0 Å². The number of fused-ring (bicyclic) bond motifs is 1. The maximum absolute atomic E-state index is 13.4. The van der Waals surface area contributed by atoms with Crippen LogP contribution in [0, 0.1) is 18.3 Å². The zero-order chi connectivity index (χ0) is 25.3. The summed E-state index contributed by atoms with van der Waals surface area (Å²) < 4.78 is 1.70. The number of amides is 1. The number of anilines is 1. The predicted molar refractivity (Wildman–Crippen MR) is 141 cm³/mol. The van der Waals surface area contributed by atoms with Gasteiger partial charge in [0.05, 0.1) is 21.2 Å². The molecule has 0 radical (unpaired) electrons. The number of likely N-dealkylation sites (N-methyl/N-ethyl adjacent to an activating group) is 1. The summed E-state index contributed by atoms with van der Waals surface area (Å²) in [6.45, 7) is 5.10. The average Bonchev–Trinajstić information content (AvgIpc) is 2.84. The molecule has 0 N–H and O–H groups in total. The number of carbonyl (C=O) groups excluding carboxylic acids is 1. The number of aryl methyl sites for hydroxylation is 1. The van der Waals surface area contributed by atoms with Gasteiger partial charge >= 0.3 is 0 Å². The van der Waals surface area contributed by atoms with Gasteiger partial charge in [-0.15, -0.1) is 0 Å². The van der Waals surface area contributed by atoms with E-state index in [9.17, 15) is 14.9 Å². The molecule has 3 aromatic rings. The van der Waals surface area contributed by atoms with Crippen molar-refractivity contribution in [3.63, 3.8) is 0 Å². The Bertz CT molecular complexity index is 1390. The molecule has 0 aliphatic carbocycles. The van der Waals surface area contributed by atoms with Crippen molar-refractivity contribution < 1.29 is 4.79 Å². The highest BCUT2D eigenvalue weighted by atomic mass is 35.5. The number of piperazine rings is 1. The molecule has 2 heterocycles. The van der Waals surface area contributed by atoms with Crippen LogP contribution in [0.3, 0.4) is 0 Å². The molecule has 9 heteroatoms. The summed E-state index contributed by atoms with van der Waals surface area (Å²) in [6.07, 6.45) is 0. The molecule has 35 heavy (non-hydrogen) atoms. The van der Waals surface area contributed by atoms with Gasteiger partial charge in [-0.2, -0.15) is 5.26 Å². The molecule has 1 saturated heterocycles. The standard InChI is InChI=1S/C26H27Cl2N5O2/c1-17-4-7-23-19(14-17)24(20(16-29)26(35)33(23)13-8-30(2)3)31-9-11-32(12-10-31)25(34)18-5-6-21(27)22(28)15-18/h4-7,14-15H,8-13H2,1-3H3. The third kappa shape index (κ3) is 5.01. The van der Waals surface area contributed by atoms with Crippen LogP contribution in [0.15, 0.2) is 41.2 Å². The first-order valence-corrected chi connectivity index (χ1v) is 12.2. The van der Waals surface area contributed by atoms with Crippen LogP contribution in [0.5, 0.6) is 0 Å². The van der Waals surface area contributed by atoms with Gasteiger partial charge in [0.15, 0.2) is 0 Å². The fraction of sp³-hybridized carbons (Fsp3) is 0.346. The molecule has 7 nitrogen and oxygen atoms in total. The molecule has 2 aromatic carbocycles. The second kappa shape index (κ2) is 10.3. The number of carbonyl (C=O) groups is 1. The van der Waals surface area contributed by atoms with Gasteiger partial charge in [0.2, 0.25) is 0 Å². The van der Waals surface area contributed by atoms with E-state index in [1.165, 1.54) is 0 Å². The van der Waals surface area contributed by atoms with Crippen LogP contribution in [0.25, 0.3) is 10.9 Å². The van der Waals surface area contributed by atoms with E-state index in [0.717, 1.165) is 16.5 Å². The Balaban J connectivity index is 1.68. The summed E-state index contributed by atoms with van der Waals surface area (Å²) in [5.74, 6) is -0.122. The van der Waals surface area contributed by atoms with E-state index in [2.05, 4.69) is 11.0 Å². The zero-order valence-corrected chi connectivity index (χ0v) is 21.5. The number of rotatable bonds is 5. The molecule has 0 unspecified atom stereocenters. The van der Waals surface area contributed by atoms with Crippen LogP contribution in [-0.2, 0) is 6.54 Å². The van der Waals surface area contributed by atoms with E-state index in [-0.39, 0.29) is 17.0 Å². The van der Waals surface area contributed by atoms with E-state index in [4.69, 9.17) is 23.2 Å². The fourth-order valence-electron chi connectivity index (χ4n) is 4.45. The van der Waals surface area contributed by atoms with Crippen molar-refractivity contribution >= 4 is 45.7 Å². The van der Waals surface area contributed by atoms with Crippen LogP contribution in [0.1, 0.15) is 21.5 Å². The molecule has 1 aliphatic rings. The summed E-state index contributed by atoms with van der Waals surface area (Å²) >= 11 is 12.1. The molecule has 1 aliphatic heterocycles. The van der Waals surface area contributed by atoms with Gasteiger partial charge in [-0.1, -0.05) is 34.8 Å². The average molecular weight is 512 g/mol. The number of hydrogen-bond acceptors (Lipinski definition) is 5. The van der Waals surface area contributed by atoms with Crippen molar-refractivity contribution in [2.24, 2.45) is 0 Å². The maximum Gasteiger partial charge on any atom is 0.271 e. The van der Waals surface area contributed by atoms with Gasteiger partial charge in [-0.25, -0.2) is 0 Å². The number of nitrogens with zero attached hydrogens (tertiary/aromatic N) is 5. The lowest BCUT2D eigenvalue weighted by Gasteiger charge is -2.37. The number of benzene rings is 2. The Labute approximate surface area is 214 Å². The summed E-state index contributed by atoms with van der Waals surface area (Å²) in [7, 11) is 3.91. The van der Waals surface area contributed by atoms with Crippen molar-refractivity contribution in [3.8, 4) is 6.07 Å². The minimum atomic E-state index is -0.282. The highest BCUT2D eigenvalue weighted by Crippen LogP contribution is 2.31. The van der Waals surface area contributed by atoms with E-state index in [1.807, 2.05) is 44.1 Å². The lowest BCUT2D eigenvalue weighted by Crippen LogP contribution is -2.49. The molecule has 0 spiro atoms. The SMILES string of the molecule is Cc1ccc2c(c1)c(N1CCN(C(=O)c3ccc(Cl)c(Cl)c3)CC1)c(C#N)c(=O)n2CCN(C)C. The van der Waals surface area contributed by atoms with Crippen molar-refractivity contribution in [2.45, 2.75) is 13.5 Å². The first kappa shape index (κ1) is 25.1. The van der Waals surface area contributed by atoms with Gasteiger partial charge in [-0.3, -0.25) is 9.59 Å². The molecule has 4 rings (SSSR count). The van der Waals surface area contributed by atoms with Crippen LogP contribution >= 0.6 is 23.2 Å². The van der Waals surface area contributed by atoms with Crippen LogP contribution in [0.4, 0.5) is 5.69 Å². The normalized spacial score (nSPS) is 14.0. The largest absolute Gasteiger partial charge is 0.366 e. The molecular formula is C26H27Cl2N5O2. The van der Waals surface area contributed by atoms with E-state index in [0.29, 0.717) is 60.6 Å². The van der Waals surface area contributed by atoms with Crippen molar-refractivity contribution in [2.75, 3.05) is 51.7 Å². The Morgan fingerprint density at radius 2 is 1.77 bits per heavy atom. The Kier molecular flexibility index (Phi) is 7.36. The van der Waals surface area contributed by atoms with Crippen molar-refractivity contribution in [1.29, 1.82) is 5.26 Å². The first-order chi connectivity index (χ1) is 16.7. The van der Waals surface area contributed by atoms with Crippen LogP contribution in [0.2, 0.25) is 10.0 Å². The van der Waals surface area contributed by atoms with Crippen molar-refractivity contribution in [1.82, 2.24) is 14.4 Å². The summed E-state index contributed by atoms with van der Waals surface area (Å²) in [4.78, 5) is 32.2. The molecule has 1 amide bonds. The van der Waals surface area contributed by atoms with Gasteiger partial charge < -0.3 is 19.3 Å². The van der Waals surface area contributed by atoms with E-state index < -0.39 is 0 Å². The summed E-state index contributed by atoms with van der Waals surface area (Å²) in [5.41, 5.74) is 2.86. The van der Waals surface area contributed by atoms with Gasteiger partial charge in [-0.05, 0) is 51.4 Å². The van der Waals surface area contributed by atoms with Gasteiger partial charge in [0, 0.05) is 50.2 Å². The molecule has 1 aromatic heterocycles. The highest BCUT2D eigenvalue weighted by molar-refractivity contribution is 6.42. The van der Waals surface area contributed by atoms with E-state index in [1.54, 1.807) is 27.7 Å². The monoisotopic (exact) mass is 511 g/mol. The third-order valence-corrected chi connectivity index (χ3v) is 7.07. The molecule has 1 fully saturated rings. The van der Waals surface area contributed by atoms with Gasteiger partial charge in [0.1, 0.15) is 11.6 Å². The van der Waals surface area contributed by atoms with Crippen LogP contribution in [-0.4, -0.2) is 67.1 Å². The minimum Gasteiger partial charge on any atom is -0.366 e. The van der Waals surface area contributed by atoms with Crippen LogP contribution < -0.4 is 10.5 Å². The van der Waals surface area contributed by atoms with Crippen molar-refractivity contribution in [3.05, 3.63) is 73.5 Å². The number of nitriles is 1. The van der Waals surface area contributed by atoms with Gasteiger partial charge in [0.25, 0.3) is 11.5 Å². The number of aromatic nitrogens is 1. The topological polar surface area (TPSA) is 72.6 Å². The fourth-order valence-corrected chi connectivity index (χ4v) is 4.75. The highest BCUT2D eigenvalue weighted by Gasteiger charge is 2.27. The Morgan fingerprint density at radius 1 is 1.06 bits per heavy atom. The lowest BCUT2D eigenvalue weighted by molar-refractivity contribution is 0.0747. The minimum absolute atomic E-state index is 0.122. The summed E-state index contributed by atoms with van der Waals surface area (Å²) in [5, 5.41) is 11.6. The zero-order valence-electron chi connectivity index (χ0n) is 20.0. The first-order valence-electron chi connectivity index (χ1n) is 11.4. The molecule has 0 bridgehead atoms. The summed E-state index contributed by atoms with van der Waals surface area (Å²) in [6, 6.07) is 13.0. The quantitative estimate of drug-likeness (QED) is 0.517. The second-order valence-corrected chi connectivity index (χ2v) is 9.84. The smallest absolute Gasteiger partial charge is 0.271 e. The number of halogens is 2. The predicted octanol–water partition coefficient (Wildman–Crippen LogP) is 4.01. The molecule has 0 saturated carbocycles. The molecule has 182 valence electrons. The number of pyridine rings is 1. The Hall–Kier alpha value is -3.05. The Morgan fingerprint density at radius 3 is 2.40 bits per heavy atom. The number of hydrogen-bond donors (Lipinski definition) is 0.